The van der Waals surface area contributed by atoms with E-state index in [1.807, 2.05) is 12.1 Å². The minimum atomic E-state index is 0.859. The lowest BCUT2D eigenvalue weighted by atomic mass is 9.97. The smallest absolute Gasteiger partial charge is 0.143 e. The molecule has 248 valence electrons. The largest absolute Gasteiger partial charge is 0.456 e. The van der Waals surface area contributed by atoms with Crippen molar-refractivity contribution in [2.45, 2.75) is 0 Å². The maximum Gasteiger partial charge on any atom is 0.143 e. The minimum absolute atomic E-state index is 0.859. The highest BCUT2D eigenvalue weighted by Crippen LogP contribution is 2.46. The summed E-state index contributed by atoms with van der Waals surface area (Å²) in [7, 11) is 0. The van der Waals surface area contributed by atoms with Gasteiger partial charge in [0.15, 0.2) is 0 Å². The molecule has 0 fully saturated rings. The summed E-state index contributed by atoms with van der Waals surface area (Å²) in [5.74, 6) is 0. The van der Waals surface area contributed by atoms with Crippen molar-refractivity contribution in [3.63, 3.8) is 0 Å². The molecule has 0 saturated heterocycles. The van der Waals surface area contributed by atoms with Crippen LogP contribution < -0.4 is 4.90 Å². The van der Waals surface area contributed by atoms with E-state index in [1.54, 1.807) is 0 Å². The van der Waals surface area contributed by atoms with Crippen LogP contribution in [0, 0.1) is 0 Å². The summed E-state index contributed by atoms with van der Waals surface area (Å²) >= 11 is 0. The second-order valence-electron chi connectivity index (χ2n) is 13.7. The molecule has 3 heteroatoms. The van der Waals surface area contributed by atoms with Crippen LogP contribution in [0.2, 0.25) is 0 Å². The van der Waals surface area contributed by atoms with E-state index in [9.17, 15) is 0 Å². The fourth-order valence-corrected chi connectivity index (χ4v) is 8.17. The average molecular weight is 678 g/mol. The van der Waals surface area contributed by atoms with Crippen LogP contribution in [0.15, 0.2) is 197 Å². The molecule has 0 unspecified atom stereocenters. The molecule has 0 aliphatic rings. The van der Waals surface area contributed by atoms with Crippen LogP contribution in [0.25, 0.3) is 87.7 Å². The van der Waals surface area contributed by atoms with Gasteiger partial charge in [-0.2, -0.15) is 0 Å². The molecule has 3 nitrogen and oxygen atoms in total. The Morgan fingerprint density at radius 1 is 0.340 bits per heavy atom. The van der Waals surface area contributed by atoms with Crippen LogP contribution in [0.3, 0.4) is 0 Å². The van der Waals surface area contributed by atoms with Crippen molar-refractivity contribution in [2.24, 2.45) is 0 Å². The zero-order chi connectivity index (χ0) is 34.9. The fourth-order valence-electron chi connectivity index (χ4n) is 8.17. The third-order valence-electron chi connectivity index (χ3n) is 10.6. The first-order valence-electron chi connectivity index (χ1n) is 18.0. The van der Waals surface area contributed by atoms with Crippen LogP contribution in [-0.4, -0.2) is 0 Å². The van der Waals surface area contributed by atoms with E-state index in [0.29, 0.717) is 0 Å². The normalized spacial score (nSPS) is 11.8. The maximum absolute atomic E-state index is 6.59. The van der Waals surface area contributed by atoms with Gasteiger partial charge in [-0.3, -0.25) is 0 Å². The van der Waals surface area contributed by atoms with E-state index in [2.05, 4.69) is 181 Å². The van der Waals surface area contributed by atoms with Gasteiger partial charge >= 0.3 is 0 Å². The molecule has 0 atom stereocenters. The Bertz CT molecular complexity index is 3200. The number of hydrogen-bond acceptors (Lipinski definition) is 3. The van der Waals surface area contributed by atoms with Crippen molar-refractivity contribution in [1.82, 2.24) is 0 Å². The Kier molecular flexibility index (Phi) is 6.55. The average Bonchev–Trinajstić information content (AvgIpc) is 3.80. The molecule has 0 spiro atoms. The first-order chi connectivity index (χ1) is 26.3. The summed E-state index contributed by atoms with van der Waals surface area (Å²) in [6, 6.07) is 66.8. The van der Waals surface area contributed by atoms with Gasteiger partial charge in [-0.1, -0.05) is 127 Å². The molecular formula is C50H31NO2. The van der Waals surface area contributed by atoms with Crippen molar-refractivity contribution >= 4 is 82.5 Å². The molecule has 53 heavy (non-hydrogen) atoms. The lowest BCUT2D eigenvalue weighted by molar-refractivity contribution is 0.669. The minimum Gasteiger partial charge on any atom is -0.456 e. The second-order valence-corrected chi connectivity index (χ2v) is 13.7. The van der Waals surface area contributed by atoms with Crippen molar-refractivity contribution in [3.8, 4) is 22.3 Å². The summed E-state index contributed by atoms with van der Waals surface area (Å²) in [6.07, 6.45) is 0. The molecule has 0 bridgehead atoms. The number of rotatable bonds is 5. The fraction of sp³-hybridized carbons (Fsp3) is 0. The van der Waals surface area contributed by atoms with Crippen molar-refractivity contribution in [2.75, 3.05) is 4.90 Å². The molecule has 2 heterocycles. The molecule has 11 rings (SSSR count). The molecule has 0 saturated carbocycles. The van der Waals surface area contributed by atoms with E-state index in [0.717, 1.165) is 83.0 Å². The van der Waals surface area contributed by atoms with Crippen LogP contribution in [0.4, 0.5) is 17.1 Å². The molecule has 9 aromatic carbocycles. The van der Waals surface area contributed by atoms with Crippen LogP contribution in [-0.2, 0) is 0 Å². The first kappa shape index (κ1) is 29.6. The molecule has 0 amide bonds. The monoisotopic (exact) mass is 677 g/mol. The van der Waals surface area contributed by atoms with E-state index >= 15 is 0 Å². The standard InChI is InChI=1S/C50H31NO2/c1-2-13-34-29-36(26-25-32(34)11-1)35-14-7-16-38(30-35)51(44-21-10-24-47-49(44)42-19-5-6-22-45(42)52-47)39-17-8-15-37(31-39)40-20-9-23-46-48(40)43-28-27-33-12-3-4-18-41(33)50(43)53-46/h1-31H. The van der Waals surface area contributed by atoms with Gasteiger partial charge in [0.05, 0.1) is 11.1 Å². The molecule has 0 N–H and O–H groups in total. The lowest BCUT2D eigenvalue weighted by Gasteiger charge is -2.27. The SMILES string of the molecule is c1cc(-c2ccc3ccccc3c2)cc(N(c2cccc(-c3cccc4oc5c6ccccc6ccc5c34)c2)c2cccc3oc4ccccc4c23)c1. The van der Waals surface area contributed by atoms with Gasteiger partial charge in [-0.15, -0.1) is 0 Å². The second kappa shape index (κ2) is 11.7. The first-order valence-corrected chi connectivity index (χ1v) is 18.0. The molecule has 0 aliphatic heterocycles. The summed E-state index contributed by atoms with van der Waals surface area (Å²) in [4.78, 5) is 2.37. The Hall–Kier alpha value is -7.10. The molecule has 11 aromatic rings. The van der Waals surface area contributed by atoms with Gasteiger partial charge in [-0.25, -0.2) is 0 Å². The molecule has 0 aliphatic carbocycles. The van der Waals surface area contributed by atoms with Crippen molar-refractivity contribution in [1.29, 1.82) is 0 Å². The number of furan rings is 2. The van der Waals surface area contributed by atoms with Crippen molar-refractivity contribution in [3.05, 3.63) is 188 Å². The highest BCUT2D eigenvalue weighted by atomic mass is 16.3. The van der Waals surface area contributed by atoms with E-state index in [4.69, 9.17) is 8.83 Å². The Balaban J connectivity index is 1.13. The van der Waals surface area contributed by atoms with E-state index in [1.165, 1.54) is 21.7 Å². The van der Waals surface area contributed by atoms with Gasteiger partial charge < -0.3 is 13.7 Å². The Labute approximate surface area is 305 Å². The Morgan fingerprint density at radius 3 is 1.83 bits per heavy atom. The quantitative estimate of drug-likeness (QED) is 0.182. The highest BCUT2D eigenvalue weighted by Gasteiger charge is 2.21. The summed E-state index contributed by atoms with van der Waals surface area (Å²) in [5, 5.41) is 9.17. The van der Waals surface area contributed by atoms with Gasteiger partial charge in [-0.05, 0) is 99.1 Å². The predicted octanol–water partition coefficient (Wildman–Crippen LogP) is 14.6. The number of hydrogen-bond donors (Lipinski definition) is 0. The van der Waals surface area contributed by atoms with Crippen molar-refractivity contribution < 1.29 is 8.83 Å². The number of fused-ring (bicyclic) bond motifs is 9. The van der Waals surface area contributed by atoms with Gasteiger partial charge in [0.2, 0.25) is 0 Å². The number of para-hydroxylation sites is 1. The zero-order valence-electron chi connectivity index (χ0n) is 28.7. The topological polar surface area (TPSA) is 29.5 Å². The summed E-state index contributed by atoms with van der Waals surface area (Å²) in [5.41, 5.74) is 11.3. The molecule has 2 aromatic heterocycles. The highest BCUT2D eigenvalue weighted by molar-refractivity contribution is 6.19. The van der Waals surface area contributed by atoms with Gasteiger partial charge in [0, 0.05) is 32.9 Å². The number of benzene rings is 9. The summed E-state index contributed by atoms with van der Waals surface area (Å²) < 4.78 is 13.0. The molecule has 0 radical (unpaired) electrons. The molecular weight excluding hydrogens is 647 g/mol. The third kappa shape index (κ3) is 4.75. The van der Waals surface area contributed by atoms with E-state index < -0.39 is 0 Å². The predicted molar refractivity (Wildman–Crippen MR) is 222 cm³/mol. The van der Waals surface area contributed by atoms with E-state index in [-0.39, 0.29) is 0 Å². The van der Waals surface area contributed by atoms with Crippen LogP contribution in [0.5, 0.6) is 0 Å². The van der Waals surface area contributed by atoms with Crippen LogP contribution in [0.1, 0.15) is 0 Å². The number of nitrogens with zero attached hydrogens (tertiary/aromatic N) is 1. The van der Waals surface area contributed by atoms with Gasteiger partial charge in [0.1, 0.15) is 22.3 Å². The maximum atomic E-state index is 6.59. The van der Waals surface area contributed by atoms with Crippen LogP contribution >= 0.6 is 0 Å². The van der Waals surface area contributed by atoms with Gasteiger partial charge in [0.25, 0.3) is 0 Å². The number of anilines is 3. The Morgan fingerprint density at radius 2 is 0.962 bits per heavy atom. The lowest BCUT2D eigenvalue weighted by Crippen LogP contribution is -2.10. The zero-order valence-corrected chi connectivity index (χ0v) is 28.7. The summed E-state index contributed by atoms with van der Waals surface area (Å²) in [6.45, 7) is 0. The third-order valence-corrected chi connectivity index (χ3v) is 10.6.